The number of carboxylic acid groups (broad SMARTS) is 2. The van der Waals surface area contributed by atoms with Gasteiger partial charge in [-0.15, -0.1) is 0 Å². The van der Waals surface area contributed by atoms with Gasteiger partial charge < -0.3 is 31.5 Å². The lowest BCUT2D eigenvalue weighted by Gasteiger charge is -2.14. The number of carbonyl (C=O) groups is 2. The zero-order valence-electron chi connectivity index (χ0n) is 15.6. The van der Waals surface area contributed by atoms with Crippen LogP contribution >= 0.6 is 103 Å². The fourth-order valence-electron chi connectivity index (χ4n) is 1.97. The zero-order valence-corrected chi connectivity index (χ0v) is 25.1. The molecule has 0 spiro atoms. The van der Waals surface area contributed by atoms with Crippen LogP contribution in [-0.4, -0.2) is 45.1 Å². The van der Waals surface area contributed by atoms with E-state index in [9.17, 15) is 14.7 Å². The molecule has 0 saturated heterocycles. The lowest BCUT2D eigenvalue weighted by molar-refractivity contribution is -0.139. The van der Waals surface area contributed by atoms with Crippen LogP contribution in [0.15, 0.2) is 24.3 Å². The van der Waals surface area contributed by atoms with Crippen LogP contribution in [0, 0.1) is 14.3 Å². The van der Waals surface area contributed by atoms with Crippen molar-refractivity contribution in [2.75, 3.05) is 5.75 Å². The molecule has 2 atom stereocenters. The Balaban J connectivity index is 0.000000592. The molecule has 0 fully saturated rings. The van der Waals surface area contributed by atoms with Gasteiger partial charge in [0, 0.05) is 5.75 Å². The molecule has 170 valence electrons. The number of hydrogen-bond acceptors (Lipinski definition) is 7. The zero-order chi connectivity index (χ0) is 23.9. The van der Waals surface area contributed by atoms with Crippen LogP contribution in [-0.2, 0) is 16.0 Å². The van der Waals surface area contributed by atoms with Crippen LogP contribution in [0.3, 0.4) is 0 Å². The van der Waals surface area contributed by atoms with E-state index < -0.39 is 24.0 Å². The Kier molecular flexibility index (Phi) is 13.0. The van der Waals surface area contributed by atoms with E-state index in [-0.39, 0.29) is 17.9 Å². The fourth-order valence-corrected chi connectivity index (χ4v) is 5.95. The molecule has 8 nitrogen and oxygen atoms in total. The van der Waals surface area contributed by atoms with E-state index in [0.29, 0.717) is 18.6 Å². The van der Waals surface area contributed by atoms with Crippen molar-refractivity contribution < 1.29 is 29.6 Å². The highest BCUT2D eigenvalue weighted by Gasteiger charge is 2.16. The molecule has 0 unspecified atom stereocenters. The molecule has 0 saturated carbocycles. The van der Waals surface area contributed by atoms with E-state index in [2.05, 4.69) is 103 Å². The van der Waals surface area contributed by atoms with Gasteiger partial charge in [0.25, 0.3) is 0 Å². The first-order valence-corrected chi connectivity index (χ1v) is 13.2. The summed E-state index contributed by atoms with van der Waals surface area (Å²) in [6.07, 6.45) is 0.261. The van der Waals surface area contributed by atoms with Crippen LogP contribution in [0.1, 0.15) is 5.56 Å². The van der Waals surface area contributed by atoms with E-state index in [4.69, 9.17) is 26.4 Å². The van der Waals surface area contributed by atoms with Crippen LogP contribution < -0.4 is 16.2 Å². The van der Waals surface area contributed by atoms with Gasteiger partial charge in [0.1, 0.15) is 23.6 Å². The third-order valence-electron chi connectivity index (χ3n) is 3.56. The summed E-state index contributed by atoms with van der Waals surface area (Å²) in [4.78, 5) is 20.7. The van der Waals surface area contributed by atoms with E-state index in [0.717, 1.165) is 12.7 Å². The van der Waals surface area contributed by atoms with E-state index in [1.165, 1.54) is 0 Å². The highest BCUT2D eigenvalue weighted by molar-refractivity contribution is 14.1. The average molecular weight is 898 g/mol. The SMILES string of the molecule is N[C@@H](CS)C(=O)O.N[C@@H](Cc1cc(I)c(Oc2cc(I)c(O)c(I)c2)c(I)c1)C(=O)O. The van der Waals surface area contributed by atoms with Crippen molar-refractivity contribution in [3.05, 3.63) is 44.1 Å². The normalized spacial score (nSPS) is 12.4. The minimum absolute atomic E-state index is 0.190. The second kappa shape index (κ2) is 13.8. The monoisotopic (exact) mass is 898 g/mol. The number of aromatic hydroxyl groups is 1. The average Bonchev–Trinajstić information content (AvgIpc) is 2.68. The molecule has 0 aliphatic carbocycles. The molecule has 13 heteroatoms. The largest absolute Gasteiger partial charge is 0.506 e. The minimum atomic E-state index is -1.02. The number of rotatable bonds is 7. The Morgan fingerprint density at radius 2 is 1.35 bits per heavy atom. The maximum absolute atomic E-state index is 10.9. The summed E-state index contributed by atoms with van der Waals surface area (Å²) in [6, 6.07) is 5.53. The highest BCUT2D eigenvalue weighted by Crippen LogP contribution is 2.36. The summed E-state index contributed by atoms with van der Waals surface area (Å²) in [5.41, 5.74) is 11.4. The highest BCUT2D eigenvalue weighted by atomic mass is 127. The number of halogens is 4. The number of aliphatic carboxylic acids is 2. The molecule has 2 aromatic rings. The fraction of sp³-hybridized carbons (Fsp3) is 0.222. The number of ether oxygens (including phenoxy) is 1. The lowest BCUT2D eigenvalue weighted by atomic mass is 10.1. The summed E-state index contributed by atoms with van der Waals surface area (Å²) in [6.45, 7) is 0. The van der Waals surface area contributed by atoms with Crippen LogP contribution in [0.4, 0.5) is 0 Å². The molecule has 31 heavy (non-hydrogen) atoms. The molecule has 0 amide bonds. The molecule has 7 N–H and O–H groups in total. The maximum atomic E-state index is 10.9. The molecule has 0 bridgehead atoms. The van der Waals surface area contributed by atoms with E-state index >= 15 is 0 Å². The first-order valence-electron chi connectivity index (χ1n) is 8.28. The van der Waals surface area contributed by atoms with Gasteiger partial charge in [-0.2, -0.15) is 12.6 Å². The van der Waals surface area contributed by atoms with Crippen molar-refractivity contribution in [3.8, 4) is 17.2 Å². The van der Waals surface area contributed by atoms with Gasteiger partial charge in [0.15, 0.2) is 5.75 Å². The van der Waals surface area contributed by atoms with Crippen molar-refractivity contribution >= 4 is 115 Å². The third kappa shape index (κ3) is 9.51. The van der Waals surface area contributed by atoms with E-state index in [1.807, 2.05) is 12.1 Å². The molecule has 2 rings (SSSR count). The maximum Gasteiger partial charge on any atom is 0.321 e. The summed E-state index contributed by atoms with van der Waals surface area (Å²) in [5, 5.41) is 26.8. The summed E-state index contributed by atoms with van der Waals surface area (Å²) in [5.74, 6) is -0.266. The van der Waals surface area contributed by atoms with Gasteiger partial charge in [-0.05, 0) is 127 Å². The Bertz CT molecular complexity index is 917. The molecule has 2 aromatic carbocycles. The number of phenolic OH excluding ortho intramolecular Hbond substituents is 1. The smallest absolute Gasteiger partial charge is 0.321 e. The van der Waals surface area contributed by atoms with E-state index in [1.54, 1.807) is 12.1 Å². The first-order chi connectivity index (χ1) is 14.4. The second-order valence-electron chi connectivity index (χ2n) is 6.00. The predicted molar refractivity (Wildman–Crippen MR) is 154 cm³/mol. The standard InChI is InChI=1S/C15H11I4NO4.C3H7NO2S/c16-8-4-7(5-9(17)13(8)21)24-14-10(18)1-6(2-11(14)19)3-12(20)15(22)23;4-2(1-7)3(5)6/h1-2,4-5,12,21H,3,20H2,(H,22,23);2,7H,1,4H2,(H,5,6)/t12-;2-/m00/s1. The number of hydrogen-bond donors (Lipinski definition) is 6. The quantitative estimate of drug-likeness (QED) is 0.181. The molecular formula is C18H18I4N2O6S. The van der Waals surface area contributed by atoms with Gasteiger partial charge in [0.05, 0.1) is 14.3 Å². The number of benzene rings is 2. The van der Waals surface area contributed by atoms with Crippen molar-refractivity contribution in [3.63, 3.8) is 0 Å². The molecule has 0 aliphatic heterocycles. The first kappa shape index (κ1) is 29.2. The molecular weight excluding hydrogens is 880 g/mol. The molecule has 0 aliphatic rings. The summed E-state index contributed by atoms with van der Waals surface area (Å²) >= 11 is 12.1. The lowest BCUT2D eigenvalue weighted by Crippen LogP contribution is -2.32. The van der Waals surface area contributed by atoms with Crippen LogP contribution in [0.2, 0.25) is 0 Å². The van der Waals surface area contributed by atoms with Gasteiger partial charge >= 0.3 is 11.9 Å². The Morgan fingerprint density at radius 3 is 1.71 bits per heavy atom. The number of thiol groups is 1. The summed E-state index contributed by atoms with van der Waals surface area (Å²) in [7, 11) is 0. The predicted octanol–water partition coefficient (Wildman–Crippen LogP) is 3.89. The molecule has 0 aromatic heterocycles. The van der Waals surface area contributed by atoms with Crippen molar-refractivity contribution in [2.24, 2.45) is 11.5 Å². The van der Waals surface area contributed by atoms with Crippen LogP contribution in [0.25, 0.3) is 0 Å². The number of carboxylic acids is 2. The van der Waals surface area contributed by atoms with Gasteiger partial charge in [0.2, 0.25) is 0 Å². The third-order valence-corrected chi connectivity index (χ3v) is 7.20. The number of phenols is 1. The van der Waals surface area contributed by atoms with Gasteiger partial charge in [-0.1, -0.05) is 0 Å². The Morgan fingerprint density at radius 1 is 0.903 bits per heavy atom. The topological polar surface area (TPSA) is 156 Å². The Labute approximate surface area is 238 Å². The number of nitrogens with two attached hydrogens (primary N) is 2. The van der Waals surface area contributed by atoms with Gasteiger partial charge in [-0.3, -0.25) is 9.59 Å². The minimum Gasteiger partial charge on any atom is -0.506 e. The van der Waals surface area contributed by atoms with Crippen molar-refractivity contribution in [2.45, 2.75) is 18.5 Å². The van der Waals surface area contributed by atoms with Gasteiger partial charge in [-0.25, -0.2) is 0 Å². The van der Waals surface area contributed by atoms with Crippen molar-refractivity contribution in [1.82, 2.24) is 0 Å². The molecule has 0 radical (unpaired) electrons. The van der Waals surface area contributed by atoms with Crippen molar-refractivity contribution in [1.29, 1.82) is 0 Å². The van der Waals surface area contributed by atoms with Crippen LogP contribution in [0.5, 0.6) is 17.2 Å². The second-order valence-corrected chi connectivity index (χ2v) is 11.0. The Hall–Kier alpha value is 0.170. The summed E-state index contributed by atoms with van der Waals surface area (Å²) < 4.78 is 9.14. The molecule has 0 heterocycles.